The molecule has 0 atom stereocenters. The number of nitrogens with zero attached hydrogens (tertiary/aromatic N) is 3. The molecule has 0 aliphatic rings. The molecule has 0 aliphatic heterocycles. The first kappa shape index (κ1) is 11.7. The lowest BCUT2D eigenvalue weighted by molar-refractivity contribution is 0.0690. The Morgan fingerprint density at radius 3 is 2.86 bits per heavy atom. The fraction of sp³-hybridized carbons (Fsp3) is 0. The smallest absolute Gasteiger partial charge is 0.356 e. The number of hydrogen-bond acceptors (Lipinski definition) is 4. The second-order valence-electron chi connectivity index (χ2n) is 4.58. The first-order valence-corrected chi connectivity index (χ1v) is 6.29. The van der Waals surface area contributed by atoms with Crippen molar-refractivity contribution in [2.75, 3.05) is 0 Å². The molecule has 3 heterocycles. The summed E-state index contributed by atoms with van der Waals surface area (Å²) in [4.78, 5) is 15.2. The van der Waals surface area contributed by atoms with Crippen molar-refractivity contribution >= 4 is 22.6 Å². The number of furan rings is 1. The number of fused-ring (bicyclic) bond motifs is 2. The summed E-state index contributed by atoms with van der Waals surface area (Å²) in [5, 5.41) is 14.1. The van der Waals surface area contributed by atoms with E-state index in [1.165, 1.54) is 10.6 Å². The van der Waals surface area contributed by atoms with Crippen LogP contribution in [0.25, 0.3) is 28.1 Å². The minimum Gasteiger partial charge on any atom is -0.476 e. The van der Waals surface area contributed by atoms with Crippen LogP contribution in [0.5, 0.6) is 0 Å². The van der Waals surface area contributed by atoms with Crippen LogP contribution in [-0.2, 0) is 0 Å². The van der Waals surface area contributed by atoms with Crippen molar-refractivity contribution in [2.24, 2.45) is 0 Å². The highest BCUT2D eigenvalue weighted by atomic mass is 16.4. The molecule has 6 heteroatoms. The Hall–Kier alpha value is -3.15. The van der Waals surface area contributed by atoms with Gasteiger partial charge in [-0.1, -0.05) is 18.2 Å². The Kier molecular flexibility index (Phi) is 2.32. The van der Waals surface area contributed by atoms with Gasteiger partial charge in [-0.3, -0.25) is 0 Å². The van der Waals surface area contributed by atoms with Gasteiger partial charge >= 0.3 is 5.97 Å². The largest absolute Gasteiger partial charge is 0.476 e. The van der Waals surface area contributed by atoms with Crippen LogP contribution in [0.2, 0.25) is 0 Å². The maximum Gasteiger partial charge on any atom is 0.356 e. The van der Waals surface area contributed by atoms with Gasteiger partial charge in [0.15, 0.2) is 17.1 Å². The molecule has 0 aliphatic carbocycles. The maximum absolute atomic E-state index is 11.0. The molecule has 0 unspecified atom stereocenters. The number of aromatic nitrogens is 3. The monoisotopic (exact) mass is 279 g/mol. The molecule has 0 saturated heterocycles. The van der Waals surface area contributed by atoms with Crippen LogP contribution in [0.1, 0.15) is 10.5 Å². The normalized spacial score (nSPS) is 11.2. The lowest BCUT2D eigenvalue weighted by atomic mass is 10.2. The van der Waals surface area contributed by atoms with E-state index in [0.29, 0.717) is 17.1 Å². The van der Waals surface area contributed by atoms with Crippen LogP contribution >= 0.6 is 0 Å². The molecule has 4 aromatic rings. The molecule has 0 radical (unpaired) electrons. The molecular weight excluding hydrogens is 270 g/mol. The first-order chi connectivity index (χ1) is 10.2. The Labute approximate surface area is 118 Å². The minimum atomic E-state index is -1.09. The van der Waals surface area contributed by atoms with Crippen LogP contribution in [0, 0.1) is 0 Å². The SMILES string of the molecule is O=C(O)c1cc2nccc(-c3cc4ccccc4o3)n2n1. The van der Waals surface area contributed by atoms with E-state index in [1.807, 2.05) is 30.3 Å². The predicted octanol–water partition coefficient (Wildman–Crippen LogP) is 2.84. The van der Waals surface area contributed by atoms with Crippen molar-refractivity contribution in [1.82, 2.24) is 14.6 Å². The Morgan fingerprint density at radius 2 is 2.05 bits per heavy atom. The second kappa shape index (κ2) is 4.17. The van der Waals surface area contributed by atoms with Crippen molar-refractivity contribution in [3.05, 3.63) is 54.4 Å². The second-order valence-corrected chi connectivity index (χ2v) is 4.58. The van der Waals surface area contributed by atoms with Crippen LogP contribution in [0.3, 0.4) is 0 Å². The van der Waals surface area contributed by atoms with Crippen LogP contribution in [0.15, 0.2) is 53.1 Å². The number of para-hydroxylation sites is 1. The molecule has 0 amide bonds. The van der Waals surface area contributed by atoms with Gasteiger partial charge in [0, 0.05) is 17.6 Å². The van der Waals surface area contributed by atoms with Gasteiger partial charge < -0.3 is 9.52 Å². The van der Waals surface area contributed by atoms with Crippen molar-refractivity contribution in [2.45, 2.75) is 0 Å². The third-order valence-corrected chi connectivity index (χ3v) is 3.26. The van der Waals surface area contributed by atoms with E-state index in [-0.39, 0.29) is 5.69 Å². The topological polar surface area (TPSA) is 80.6 Å². The number of rotatable bonds is 2. The summed E-state index contributed by atoms with van der Waals surface area (Å²) in [5.41, 5.74) is 1.84. The molecule has 0 saturated carbocycles. The third kappa shape index (κ3) is 1.77. The lowest BCUT2D eigenvalue weighted by Crippen LogP contribution is -1.99. The summed E-state index contributed by atoms with van der Waals surface area (Å²) < 4.78 is 7.27. The van der Waals surface area contributed by atoms with E-state index < -0.39 is 5.97 Å². The number of carbonyl (C=O) groups is 1. The van der Waals surface area contributed by atoms with Gasteiger partial charge in [0.05, 0.1) is 0 Å². The number of benzene rings is 1. The van der Waals surface area contributed by atoms with Crippen LogP contribution < -0.4 is 0 Å². The lowest BCUT2D eigenvalue weighted by Gasteiger charge is -1.99. The van der Waals surface area contributed by atoms with E-state index in [0.717, 1.165) is 11.0 Å². The summed E-state index contributed by atoms with van der Waals surface area (Å²) in [6.07, 6.45) is 1.60. The number of carboxylic acid groups (broad SMARTS) is 1. The van der Waals surface area contributed by atoms with Crippen molar-refractivity contribution in [1.29, 1.82) is 0 Å². The van der Waals surface area contributed by atoms with Gasteiger partial charge in [0.2, 0.25) is 0 Å². The van der Waals surface area contributed by atoms with E-state index >= 15 is 0 Å². The molecule has 21 heavy (non-hydrogen) atoms. The van der Waals surface area contributed by atoms with Crippen molar-refractivity contribution < 1.29 is 14.3 Å². The molecule has 102 valence electrons. The highest BCUT2D eigenvalue weighted by Gasteiger charge is 2.15. The summed E-state index contributed by atoms with van der Waals surface area (Å²) in [6.45, 7) is 0. The Balaban J connectivity index is 1.98. The molecule has 0 bridgehead atoms. The molecule has 0 spiro atoms. The van der Waals surface area contributed by atoms with Gasteiger partial charge in [-0.05, 0) is 18.2 Å². The Morgan fingerprint density at radius 1 is 1.19 bits per heavy atom. The average Bonchev–Trinajstić information content (AvgIpc) is 3.10. The number of carboxylic acids is 1. The fourth-order valence-electron chi connectivity index (χ4n) is 2.29. The summed E-state index contributed by atoms with van der Waals surface area (Å²) in [7, 11) is 0. The molecule has 1 N–H and O–H groups in total. The minimum absolute atomic E-state index is 0.0499. The van der Waals surface area contributed by atoms with Crippen molar-refractivity contribution in [3.8, 4) is 11.5 Å². The highest BCUT2D eigenvalue weighted by molar-refractivity contribution is 5.87. The summed E-state index contributed by atoms with van der Waals surface area (Å²) in [5.74, 6) is -0.473. The number of aromatic carboxylic acids is 1. The van der Waals surface area contributed by atoms with E-state index in [4.69, 9.17) is 9.52 Å². The zero-order valence-corrected chi connectivity index (χ0v) is 10.7. The first-order valence-electron chi connectivity index (χ1n) is 6.29. The predicted molar refractivity (Wildman–Crippen MR) is 75.2 cm³/mol. The molecule has 6 nitrogen and oxygen atoms in total. The van der Waals surface area contributed by atoms with Gasteiger partial charge in [0.25, 0.3) is 0 Å². The standard InChI is InChI=1S/C15H9N3O3/c19-15(20)10-8-14-16-6-5-11(18(14)17-10)13-7-9-3-1-2-4-12(9)21-13/h1-8H,(H,19,20). The van der Waals surface area contributed by atoms with Gasteiger partial charge in [0.1, 0.15) is 11.3 Å². The summed E-state index contributed by atoms with van der Waals surface area (Å²) in [6, 6.07) is 12.7. The molecular formula is C15H9N3O3. The zero-order valence-electron chi connectivity index (χ0n) is 10.7. The van der Waals surface area contributed by atoms with Gasteiger partial charge in [-0.25, -0.2) is 14.3 Å². The maximum atomic E-state index is 11.0. The van der Waals surface area contributed by atoms with E-state index in [9.17, 15) is 4.79 Å². The third-order valence-electron chi connectivity index (χ3n) is 3.26. The van der Waals surface area contributed by atoms with E-state index in [1.54, 1.807) is 12.3 Å². The fourth-order valence-corrected chi connectivity index (χ4v) is 2.29. The number of hydrogen-bond donors (Lipinski definition) is 1. The quantitative estimate of drug-likeness (QED) is 0.610. The molecule has 0 fully saturated rings. The average molecular weight is 279 g/mol. The van der Waals surface area contributed by atoms with Crippen LogP contribution in [0.4, 0.5) is 0 Å². The summed E-state index contributed by atoms with van der Waals surface area (Å²) >= 11 is 0. The Bertz CT molecular complexity index is 951. The van der Waals surface area contributed by atoms with Crippen LogP contribution in [-0.4, -0.2) is 25.7 Å². The molecule has 3 aromatic heterocycles. The van der Waals surface area contributed by atoms with E-state index in [2.05, 4.69) is 10.1 Å². The molecule has 1 aromatic carbocycles. The highest BCUT2D eigenvalue weighted by Crippen LogP contribution is 2.27. The van der Waals surface area contributed by atoms with Gasteiger partial charge in [-0.15, -0.1) is 0 Å². The zero-order chi connectivity index (χ0) is 14.4. The molecule has 4 rings (SSSR count). The van der Waals surface area contributed by atoms with Crippen molar-refractivity contribution in [3.63, 3.8) is 0 Å². The van der Waals surface area contributed by atoms with Gasteiger partial charge in [-0.2, -0.15) is 5.10 Å².